The average molecular weight is 539 g/mol. The molecule has 0 bridgehead atoms. The summed E-state index contributed by atoms with van der Waals surface area (Å²) >= 11 is 0. The van der Waals surface area contributed by atoms with E-state index in [4.69, 9.17) is 4.74 Å². The zero-order chi connectivity index (χ0) is 20.5. The molecule has 1 aliphatic heterocycles. The molecule has 0 radical (unpaired) electrons. The minimum absolute atomic E-state index is 0. The third-order valence-corrected chi connectivity index (χ3v) is 6.57. The van der Waals surface area contributed by atoms with Crippen molar-refractivity contribution >= 4 is 39.8 Å². The highest BCUT2D eigenvalue weighted by Gasteiger charge is 2.59. The van der Waals surface area contributed by atoms with Crippen LogP contribution in [0, 0.1) is 17.2 Å². The Morgan fingerprint density at radius 1 is 1.34 bits per heavy atom. The van der Waals surface area contributed by atoms with E-state index < -0.39 is 15.7 Å². The molecule has 1 saturated carbocycles. The Morgan fingerprint density at radius 3 is 2.72 bits per heavy atom. The molecular formula is C20H31FIN3O3S. The van der Waals surface area contributed by atoms with Gasteiger partial charge in [-0.2, -0.15) is 0 Å². The van der Waals surface area contributed by atoms with E-state index in [-0.39, 0.29) is 53.8 Å². The van der Waals surface area contributed by atoms with Gasteiger partial charge in [-0.25, -0.2) is 17.8 Å². The minimum Gasteiger partial charge on any atom is -0.377 e. The van der Waals surface area contributed by atoms with Crippen LogP contribution in [-0.2, 0) is 26.9 Å². The van der Waals surface area contributed by atoms with Gasteiger partial charge in [0.05, 0.1) is 18.4 Å². The molecule has 0 spiro atoms. The van der Waals surface area contributed by atoms with Gasteiger partial charge in [-0.15, -0.1) is 24.0 Å². The smallest absolute Gasteiger partial charge is 0.191 e. The molecule has 2 fully saturated rings. The van der Waals surface area contributed by atoms with E-state index in [0.717, 1.165) is 13.0 Å². The van der Waals surface area contributed by atoms with Gasteiger partial charge in [0.25, 0.3) is 0 Å². The van der Waals surface area contributed by atoms with E-state index >= 15 is 0 Å². The zero-order valence-corrected chi connectivity index (χ0v) is 20.5. The fourth-order valence-electron chi connectivity index (χ4n) is 4.41. The standard InChI is InChI=1S/C20H30FN3O3S.HI/c1-5-22-19(24-17-16-8-9-27-18(16)20(17,2)3)23-11-14-10-15(21)7-6-13(14)12-28(4,25)26;/h6-7,10,16-18H,5,8-9,11-12H2,1-4H3,(H2,22,23,24);1H. The SMILES string of the molecule is CCNC(=NCc1cc(F)ccc1CS(C)(=O)=O)NC1C2CCOC2C1(C)C.I. The number of nitrogens with one attached hydrogen (secondary N) is 2. The second kappa shape index (κ2) is 9.47. The molecule has 1 aromatic rings. The lowest BCUT2D eigenvalue weighted by molar-refractivity contribution is -0.106. The number of fused-ring (bicyclic) bond motifs is 1. The first-order chi connectivity index (χ1) is 13.1. The third kappa shape index (κ3) is 5.61. The summed E-state index contributed by atoms with van der Waals surface area (Å²) in [6.45, 7) is 8.07. The summed E-state index contributed by atoms with van der Waals surface area (Å²) in [6.07, 6.45) is 2.49. The van der Waals surface area contributed by atoms with Gasteiger partial charge in [0.2, 0.25) is 0 Å². The van der Waals surface area contributed by atoms with Gasteiger partial charge in [-0.1, -0.05) is 19.9 Å². The number of hydrogen-bond acceptors (Lipinski definition) is 4. The molecule has 2 aliphatic rings. The Morgan fingerprint density at radius 2 is 2.07 bits per heavy atom. The number of sulfone groups is 1. The number of benzene rings is 1. The number of rotatable bonds is 6. The first kappa shape index (κ1) is 24.3. The summed E-state index contributed by atoms with van der Waals surface area (Å²) < 4.78 is 42.9. The molecular weight excluding hydrogens is 508 g/mol. The van der Waals surface area contributed by atoms with Crippen molar-refractivity contribution in [1.82, 2.24) is 10.6 Å². The van der Waals surface area contributed by atoms with Crippen LogP contribution in [0.3, 0.4) is 0 Å². The highest BCUT2D eigenvalue weighted by molar-refractivity contribution is 14.0. The molecule has 1 heterocycles. The number of aliphatic imine (C=N–C) groups is 1. The van der Waals surface area contributed by atoms with Crippen LogP contribution in [0.5, 0.6) is 0 Å². The van der Waals surface area contributed by atoms with E-state index in [9.17, 15) is 12.8 Å². The Bertz CT molecular complexity index is 861. The number of guanidine groups is 1. The second-order valence-corrected chi connectivity index (χ2v) is 10.5. The van der Waals surface area contributed by atoms with E-state index in [1.807, 2.05) is 6.92 Å². The molecule has 1 aliphatic carbocycles. The van der Waals surface area contributed by atoms with E-state index in [1.54, 1.807) is 0 Å². The molecule has 9 heteroatoms. The molecule has 29 heavy (non-hydrogen) atoms. The van der Waals surface area contributed by atoms with Gasteiger partial charge < -0.3 is 15.4 Å². The quantitative estimate of drug-likeness (QED) is 0.330. The molecule has 2 N–H and O–H groups in total. The Hall–Kier alpha value is -0.940. The zero-order valence-electron chi connectivity index (χ0n) is 17.4. The van der Waals surface area contributed by atoms with E-state index in [0.29, 0.717) is 29.5 Å². The fourth-order valence-corrected chi connectivity index (χ4v) is 5.26. The molecule has 1 saturated heterocycles. The van der Waals surface area contributed by atoms with Gasteiger partial charge in [0, 0.05) is 36.8 Å². The monoisotopic (exact) mass is 539 g/mol. The molecule has 3 unspecified atom stereocenters. The molecule has 3 rings (SSSR count). The lowest BCUT2D eigenvalue weighted by atomic mass is 9.57. The minimum atomic E-state index is -3.22. The molecule has 164 valence electrons. The Kier molecular flexibility index (Phi) is 7.94. The van der Waals surface area contributed by atoms with Crippen LogP contribution in [0.25, 0.3) is 0 Å². The fraction of sp³-hybridized carbons (Fsp3) is 0.650. The lowest BCUT2D eigenvalue weighted by Gasteiger charge is -2.54. The summed E-state index contributed by atoms with van der Waals surface area (Å²) in [5.41, 5.74) is 1.17. The van der Waals surface area contributed by atoms with Crippen LogP contribution >= 0.6 is 24.0 Å². The maximum absolute atomic E-state index is 13.7. The van der Waals surface area contributed by atoms with Crippen LogP contribution in [0.4, 0.5) is 4.39 Å². The number of ether oxygens (including phenoxy) is 1. The maximum atomic E-state index is 13.7. The summed E-state index contributed by atoms with van der Waals surface area (Å²) in [7, 11) is -3.22. The van der Waals surface area contributed by atoms with Crippen LogP contribution in [0.2, 0.25) is 0 Å². The van der Waals surface area contributed by atoms with Gasteiger partial charge in [-0.3, -0.25) is 0 Å². The van der Waals surface area contributed by atoms with Crippen LogP contribution in [0.15, 0.2) is 23.2 Å². The van der Waals surface area contributed by atoms with Gasteiger partial charge >= 0.3 is 0 Å². The summed E-state index contributed by atoms with van der Waals surface area (Å²) in [4.78, 5) is 4.61. The lowest BCUT2D eigenvalue weighted by Crippen LogP contribution is -2.67. The predicted molar refractivity (Wildman–Crippen MR) is 124 cm³/mol. The Labute approximate surface area is 190 Å². The van der Waals surface area contributed by atoms with Crippen molar-refractivity contribution in [3.8, 4) is 0 Å². The number of nitrogens with zero attached hydrogens (tertiary/aromatic N) is 1. The van der Waals surface area contributed by atoms with Crippen molar-refractivity contribution < 1.29 is 17.5 Å². The summed E-state index contributed by atoms with van der Waals surface area (Å²) in [5, 5.41) is 6.75. The summed E-state index contributed by atoms with van der Waals surface area (Å²) in [5.74, 6) is 0.597. The molecule has 1 aromatic carbocycles. The largest absolute Gasteiger partial charge is 0.377 e. The van der Waals surface area contributed by atoms with Crippen molar-refractivity contribution in [3.05, 3.63) is 35.1 Å². The van der Waals surface area contributed by atoms with Crippen LogP contribution < -0.4 is 10.6 Å². The Balaban J connectivity index is 0.00000300. The highest BCUT2D eigenvalue weighted by Crippen LogP contribution is 2.52. The molecule has 0 aromatic heterocycles. The van der Waals surface area contributed by atoms with E-state index in [2.05, 4.69) is 29.5 Å². The number of halogens is 2. The summed E-state index contributed by atoms with van der Waals surface area (Å²) in [6, 6.07) is 4.42. The third-order valence-electron chi connectivity index (χ3n) is 5.73. The predicted octanol–water partition coefficient (Wildman–Crippen LogP) is 2.86. The molecule has 0 amide bonds. The maximum Gasteiger partial charge on any atom is 0.191 e. The number of hydrogen-bond donors (Lipinski definition) is 2. The van der Waals surface area contributed by atoms with Crippen molar-refractivity contribution in [2.75, 3.05) is 19.4 Å². The topological polar surface area (TPSA) is 79.8 Å². The average Bonchev–Trinajstić information content (AvgIpc) is 3.05. The van der Waals surface area contributed by atoms with Crippen molar-refractivity contribution in [2.45, 2.75) is 51.6 Å². The molecule has 6 nitrogen and oxygen atoms in total. The normalized spacial score (nSPS) is 25.6. The van der Waals surface area contributed by atoms with Crippen LogP contribution in [-0.4, -0.2) is 45.9 Å². The second-order valence-electron chi connectivity index (χ2n) is 8.37. The first-order valence-electron chi connectivity index (χ1n) is 9.73. The van der Waals surface area contributed by atoms with Gasteiger partial charge in [0.1, 0.15) is 5.82 Å². The van der Waals surface area contributed by atoms with E-state index in [1.165, 1.54) is 24.5 Å². The highest BCUT2D eigenvalue weighted by atomic mass is 127. The van der Waals surface area contributed by atoms with Crippen molar-refractivity contribution in [1.29, 1.82) is 0 Å². The van der Waals surface area contributed by atoms with Gasteiger partial charge in [-0.05, 0) is 36.6 Å². The van der Waals surface area contributed by atoms with Gasteiger partial charge in [0.15, 0.2) is 15.8 Å². The van der Waals surface area contributed by atoms with Crippen LogP contribution in [0.1, 0.15) is 38.3 Å². The first-order valence-corrected chi connectivity index (χ1v) is 11.8. The van der Waals surface area contributed by atoms with Crippen molar-refractivity contribution in [3.63, 3.8) is 0 Å². The van der Waals surface area contributed by atoms with Crippen molar-refractivity contribution in [2.24, 2.45) is 16.3 Å². The molecule has 3 atom stereocenters.